The topological polar surface area (TPSA) is 41.1 Å². The Morgan fingerprint density at radius 2 is 1.92 bits per heavy atom. The quantitative estimate of drug-likeness (QED) is 0.781. The van der Waals surface area contributed by atoms with E-state index in [4.69, 9.17) is 0 Å². The second kappa shape index (κ2) is 8.61. The third-order valence-electron chi connectivity index (χ3n) is 4.69. The Morgan fingerprint density at radius 1 is 1.27 bits per heavy atom. The molecule has 0 saturated carbocycles. The molecule has 2 rings (SSSR count). The first kappa shape index (κ1) is 22.8. The molecule has 0 radical (unpaired) electrons. The van der Waals surface area contributed by atoms with E-state index in [1.165, 1.54) is 6.07 Å². The second-order valence-electron chi connectivity index (χ2n) is 8.01. The third-order valence-corrected chi connectivity index (χ3v) is 4.69. The number of halogens is 4. The zero-order valence-electron chi connectivity index (χ0n) is 15.6. The van der Waals surface area contributed by atoms with Crippen molar-refractivity contribution in [2.75, 3.05) is 6.54 Å². The summed E-state index contributed by atoms with van der Waals surface area (Å²) in [4.78, 5) is 12.7. The van der Waals surface area contributed by atoms with Crippen LogP contribution in [0, 0.1) is 11.3 Å². The maximum atomic E-state index is 13.0. The first-order valence-electron chi connectivity index (χ1n) is 8.69. The summed E-state index contributed by atoms with van der Waals surface area (Å²) in [6.45, 7) is 8.58. The molecule has 0 aromatic heterocycles. The van der Waals surface area contributed by atoms with Crippen LogP contribution >= 0.6 is 12.4 Å². The standard InChI is InChI=1S/C19H27F3N2O.ClH/c1-12-10-14(8-9-23-12)17(25)24-16(18(2,3)4)13-6-5-7-15(11-13)19(20,21)22;/h5-7,11-12,14,16,23H,8-10H2,1-4H3,(H,24,25);1H/t12-,14-,16?;/m0./s1. The molecule has 2 N–H and O–H groups in total. The molecule has 1 aliphatic rings. The minimum Gasteiger partial charge on any atom is -0.349 e. The zero-order valence-corrected chi connectivity index (χ0v) is 16.4. The number of alkyl halides is 3. The van der Waals surface area contributed by atoms with Crippen molar-refractivity contribution in [3.63, 3.8) is 0 Å². The van der Waals surface area contributed by atoms with E-state index in [-0.39, 0.29) is 30.3 Å². The summed E-state index contributed by atoms with van der Waals surface area (Å²) in [5.74, 6) is -0.183. The van der Waals surface area contributed by atoms with Crippen molar-refractivity contribution in [2.45, 2.75) is 58.8 Å². The molecule has 0 bridgehead atoms. The fraction of sp³-hybridized carbons (Fsp3) is 0.632. The number of piperidine rings is 1. The lowest BCUT2D eigenvalue weighted by Gasteiger charge is -2.35. The summed E-state index contributed by atoms with van der Waals surface area (Å²) >= 11 is 0. The van der Waals surface area contributed by atoms with Crippen LogP contribution in [0.5, 0.6) is 0 Å². The molecule has 3 nitrogen and oxygen atoms in total. The maximum Gasteiger partial charge on any atom is 0.416 e. The molecule has 1 amide bonds. The largest absolute Gasteiger partial charge is 0.416 e. The van der Waals surface area contributed by atoms with Gasteiger partial charge in [-0.25, -0.2) is 0 Å². The van der Waals surface area contributed by atoms with Crippen LogP contribution in [0.15, 0.2) is 24.3 Å². The molecule has 0 spiro atoms. The number of hydrogen-bond acceptors (Lipinski definition) is 2. The Morgan fingerprint density at radius 3 is 2.46 bits per heavy atom. The summed E-state index contributed by atoms with van der Waals surface area (Å²) < 4.78 is 39.1. The first-order valence-corrected chi connectivity index (χ1v) is 8.69. The predicted molar refractivity (Wildman–Crippen MR) is 99.2 cm³/mol. The minimum atomic E-state index is -4.40. The van der Waals surface area contributed by atoms with Crippen molar-refractivity contribution >= 4 is 18.3 Å². The molecule has 26 heavy (non-hydrogen) atoms. The molecular formula is C19H28ClF3N2O. The summed E-state index contributed by atoms with van der Waals surface area (Å²) in [5, 5.41) is 6.31. The SMILES string of the molecule is C[C@H]1C[C@@H](C(=O)NC(c2cccc(C(F)(F)F)c2)C(C)(C)C)CCN1.Cl. The minimum absolute atomic E-state index is 0. The molecule has 1 aromatic rings. The highest BCUT2D eigenvalue weighted by Gasteiger charge is 2.35. The Labute approximate surface area is 159 Å². The molecule has 1 unspecified atom stereocenters. The average Bonchev–Trinajstić information content (AvgIpc) is 2.50. The van der Waals surface area contributed by atoms with Gasteiger partial charge >= 0.3 is 6.18 Å². The highest BCUT2D eigenvalue weighted by molar-refractivity contribution is 5.85. The van der Waals surface area contributed by atoms with Gasteiger partial charge in [0.15, 0.2) is 0 Å². The lowest BCUT2D eigenvalue weighted by Crippen LogP contribution is -2.45. The lowest BCUT2D eigenvalue weighted by molar-refractivity contribution is -0.137. The van der Waals surface area contributed by atoms with Crippen molar-refractivity contribution in [3.05, 3.63) is 35.4 Å². The van der Waals surface area contributed by atoms with Crippen molar-refractivity contribution in [1.82, 2.24) is 10.6 Å². The Kier molecular flexibility index (Phi) is 7.54. The van der Waals surface area contributed by atoms with Crippen molar-refractivity contribution < 1.29 is 18.0 Å². The van der Waals surface area contributed by atoms with Gasteiger partial charge in [0.05, 0.1) is 11.6 Å². The van der Waals surface area contributed by atoms with Crippen molar-refractivity contribution in [3.8, 4) is 0 Å². The fourth-order valence-electron chi connectivity index (χ4n) is 3.32. The van der Waals surface area contributed by atoms with E-state index >= 15 is 0 Å². The maximum absolute atomic E-state index is 13.0. The van der Waals surface area contributed by atoms with Crippen LogP contribution < -0.4 is 10.6 Å². The van der Waals surface area contributed by atoms with E-state index < -0.39 is 23.2 Å². The molecular weight excluding hydrogens is 365 g/mol. The number of amides is 1. The van der Waals surface area contributed by atoms with Crippen LogP contribution in [-0.4, -0.2) is 18.5 Å². The number of hydrogen-bond donors (Lipinski definition) is 2. The van der Waals surface area contributed by atoms with E-state index in [1.54, 1.807) is 6.07 Å². The van der Waals surface area contributed by atoms with Gasteiger partial charge in [-0.05, 0) is 49.4 Å². The molecule has 1 fully saturated rings. The molecule has 0 aliphatic carbocycles. The van der Waals surface area contributed by atoms with Gasteiger partial charge < -0.3 is 10.6 Å². The fourth-order valence-corrected chi connectivity index (χ4v) is 3.32. The number of carbonyl (C=O) groups is 1. The monoisotopic (exact) mass is 392 g/mol. The normalized spacial score (nSPS) is 22.3. The summed E-state index contributed by atoms with van der Waals surface area (Å²) in [6.07, 6.45) is -2.91. The highest BCUT2D eigenvalue weighted by atomic mass is 35.5. The molecule has 3 atom stereocenters. The van der Waals surface area contributed by atoms with Crippen LogP contribution in [0.3, 0.4) is 0 Å². The number of carbonyl (C=O) groups excluding carboxylic acids is 1. The number of benzene rings is 1. The molecule has 1 heterocycles. The van der Waals surface area contributed by atoms with Gasteiger partial charge in [-0.15, -0.1) is 12.4 Å². The van der Waals surface area contributed by atoms with Gasteiger partial charge in [-0.2, -0.15) is 13.2 Å². The van der Waals surface area contributed by atoms with Gasteiger partial charge in [0.25, 0.3) is 0 Å². The Hall–Kier alpha value is -1.27. The lowest BCUT2D eigenvalue weighted by atomic mass is 9.81. The van der Waals surface area contributed by atoms with Gasteiger partial charge in [0, 0.05) is 12.0 Å². The third kappa shape index (κ3) is 5.88. The van der Waals surface area contributed by atoms with Crippen molar-refractivity contribution in [1.29, 1.82) is 0 Å². The molecule has 1 saturated heterocycles. The van der Waals surface area contributed by atoms with E-state index in [0.717, 1.165) is 31.5 Å². The zero-order chi connectivity index (χ0) is 18.8. The average molecular weight is 393 g/mol. The summed E-state index contributed by atoms with van der Waals surface area (Å²) in [6, 6.07) is 5.03. The van der Waals surface area contributed by atoms with Crippen LogP contribution in [0.1, 0.15) is 57.7 Å². The highest BCUT2D eigenvalue weighted by Crippen LogP contribution is 2.36. The van der Waals surface area contributed by atoms with E-state index in [1.807, 2.05) is 27.7 Å². The van der Waals surface area contributed by atoms with Crippen LogP contribution in [0.4, 0.5) is 13.2 Å². The Bertz CT molecular complexity index is 614. The molecule has 1 aromatic carbocycles. The van der Waals surface area contributed by atoms with Gasteiger partial charge in [0.1, 0.15) is 0 Å². The van der Waals surface area contributed by atoms with E-state index in [9.17, 15) is 18.0 Å². The Balaban J connectivity index is 0.00000338. The van der Waals surface area contributed by atoms with Gasteiger partial charge in [-0.3, -0.25) is 4.79 Å². The summed E-state index contributed by atoms with van der Waals surface area (Å²) in [5.41, 5.74) is -0.611. The van der Waals surface area contributed by atoms with Crippen LogP contribution in [-0.2, 0) is 11.0 Å². The molecule has 7 heteroatoms. The van der Waals surface area contributed by atoms with E-state index in [0.29, 0.717) is 5.56 Å². The van der Waals surface area contributed by atoms with Crippen molar-refractivity contribution in [2.24, 2.45) is 11.3 Å². The van der Waals surface area contributed by atoms with Crippen LogP contribution in [0.25, 0.3) is 0 Å². The van der Waals surface area contributed by atoms with Gasteiger partial charge in [-0.1, -0.05) is 32.9 Å². The second-order valence-corrected chi connectivity index (χ2v) is 8.01. The first-order chi connectivity index (χ1) is 11.5. The van der Waals surface area contributed by atoms with E-state index in [2.05, 4.69) is 10.6 Å². The smallest absolute Gasteiger partial charge is 0.349 e. The predicted octanol–water partition coefficient (Wildman–Crippen LogP) is 4.72. The molecule has 148 valence electrons. The summed E-state index contributed by atoms with van der Waals surface area (Å²) in [7, 11) is 0. The van der Waals surface area contributed by atoms with Gasteiger partial charge in [0.2, 0.25) is 5.91 Å². The molecule has 1 aliphatic heterocycles. The number of rotatable bonds is 3. The number of nitrogens with one attached hydrogen (secondary N) is 2. The van der Waals surface area contributed by atoms with Crippen LogP contribution in [0.2, 0.25) is 0 Å².